The molecule has 0 aliphatic carbocycles. The van der Waals surface area contributed by atoms with E-state index in [9.17, 15) is 4.79 Å². The van der Waals surface area contributed by atoms with E-state index in [0.717, 1.165) is 23.3 Å². The topological polar surface area (TPSA) is 47.6 Å². The highest BCUT2D eigenvalue weighted by Gasteiger charge is 2.07. The molecule has 0 fully saturated rings. The largest absolute Gasteiger partial charge is 0.490 e. The van der Waals surface area contributed by atoms with Crippen LogP contribution in [0.3, 0.4) is 0 Å². The Morgan fingerprint density at radius 3 is 2.86 bits per heavy atom. The van der Waals surface area contributed by atoms with E-state index in [2.05, 4.69) is 18.4 Å². The van der Waals surface area contributed by atoms with Crippen molar-refractivity contribution < 1.29 is 14.3 Å². The molecule has 1 rings (SSSR count). The Morgan fingerprint density at radius 1 is 1.45 bits per heavy atom. The van der Waals surface area contributed by atoms with Crippen molar-refractivity contribution in [3.8, 4) is 5.75 Å². The first-order chi connectivity index (χ1) is 10.6. The second kappa shape index (κ2) is 10.1. The molecule has 0 aromatic heterocycles. The van der Waals surface area contributed by atoms with Gasteiger partial charge in [-0.1, -0.05) is 31.3 Å². The molecule has 0 saturated carbocycles. The summed E-state index contributed by atoms with van der Waals surface area (Å²) in [6.07, 6.45) is 2.54. The molecule has 0 aliphatic rings. The zero-order valence-corrected chi connectivity index (χ0v) is 15.3. The molecular formula is C17H27NO3Si. The van der Waals surface area contributed by atoms with Gasteiger partial charge < -0.3 is 14.8 Å². The molecule has 1 amide bonds. The summed E-state index contributed by atoms with van der Waals surface area (Å²) in [7, 11) is 0.0828. The third kappa shape index (κ3) is 6.80. The molecule has 122 valence electrons. The van der Waals surface area contributed by atoms with Gasteiger partial charge in [-0.3, -0.25) is 0 Å². The predicted molar refractivity (Wildman–Crippen MR) is 94.3 cm³/mol. The minimum Gasteiger partial charge on any atom is -0.490 e. The molecule has 0 radical (unpaired) electrons. The second-order valence-corrected chi connectivity index (χ2v) is 7.16. The number of nitrogens with one attached hydrogen (secondary N) is 1. The molecular weight excluding hydrogens is 294 g/mol. The van der Waals surface area contributed by atoms with Crippen LogP contribution in [0.5, 0.6) is 5.75 Å². The molecule has 22 heavy (non-hydrogen) atoms. The minimum absolute atomic E-state index is 0.0828. The minimum atomic E-state index is -0.361. The van der Waals surface area contributed by atoms with Gasteiger partial charge in [0, 0.05) is 21.6 Å². The van der Waals surface area contributed by atoms with Crippen molar-refractivity contribution in [2.24, 2.45) is 0 Å². The normalized spacial score (nSPS) is 10.9. The summed E-state index contributed by atoms with van der Waals surface area (Å²) < 4.78 is 10.9. The van der Waals surface area contributed by atoms with Crippen LogP contribution in [0.1, 0.15) is 31.4 Å². The zero-order valence-electron chi connectivity index (χ0n) is 13.9. The standard InChI is InChI=1S/C17H27NO3Si/c1-5-15-11-14(7-8-16(15)21-13(2)3)12-20-17(19)18-9-6-10-22-4/h5,7-8,11,13H,1,6,9-10,12,22H2,2-4H3,(H,18,19). The second-order valence-electron chi connectivity index (χ2n) is 5.45. The van der Waals surface area contributed by atoms with Crippen LogP contribution in [-0.4, -0.2) is 28.3 Å². The van der Waals surface area contributed by atoms with Crippen LogP contribution in [0.2, 0.25) is 12.6 Å². The quantitative estimate of drug-likeness (QED) is 0.560. The van der Waals surface area contributed by atoms with Gasteiger partial charge in [-0.2, -0.15) is 0 Å². The zero-order chi connectivity index (χ0) is 16.4. The first-order valence-electron chi connectivity index (χ1n) is 7.89. The van der Waals surface area contributed by atoms with Crippen molar-refractivity contribution in [1.82, 2.24) is 5.32 Å². The average molecular weight is 321 g/mol. The highest BCUT2D eigenvalue weighted by molar-refractivity contribution is 6.33. The van der Waals surface area contributed by atoms with Gasteiger partial charge in [0.05, 0.1) is 6.10 Å². The van der Waals surface area contributed by atoms with Crippen LogP contribution in [-0.2, 0) is 11.3 Å². The molecule has 0 spiro atoms. The third-order valence-corrected chi connectivity index (χ3v) is 4.28. The van der Waals surface area contributed by atoms with Crippen LogP contribution >= 0.6 is 0 Å². The Kier molecular flexibility index (Phi) is 8.36. The molecule has 0 heterocycles. The lowest BCUT2D eigenvalue weighted by Crippen LogP contribution is -2.25. The number of alkyl carbamates (subject to hydrolysis) is 1. The monoisotopic (exact) mass is 321 g/mol. The molecule has 5 heteroatoms. The van der Waals surface area contributed by atoms with Crippen LogP contribution < -0.4 is 10.1 Å². The van der Waals surface area contributed by atoms with Crippen molar-refractivity contribution in [3.63, 3.8) is 0 Å². The van der Waals surface area contributed by atoms with E-state index in [4.69, 9.17) is 9.47 Å². The van der Waals surface area contributed by atoms with E-state index in [1.54, 1.807) is 6.08 Å². The lowest BCUT2D eigenvalue weighted by molar-refractivity contribution is 0.139. The van der Waals surface area contributed by atoms with Crippen molar-refractivity contribution in [3.05, 3.63) is 35.9 Å². The van der Waals surface area contributed by atoms with Crippen molar-refractivity contribution in [2.75, 3.05) is 6.54 Å². The number of hydrogen-bond donors (Lipinski definition) is 1. The summed E-state index contributed by atoms with van der Waals surface area (Å²) in [5.74, 6) is 0.793. The average Bonchev–Trinajstić information content (AvgIpc) is 2.50. The molecule has 1 N–H and O–H groups in total. The third-order valence-electron chi connectivity index (χ3n) is 3.08. The maximum Gasteiger partial charge on any atom is 0.407 e. The summed E-state index contributed by atoms with van der Waals surface area (Å²) >= 11 is 0. The number of amides is 1. The first-order valence-corrected chi connectivity index (χ1v) is 10.3. The Balaban J connectivity index is 2.49. The SMILES string of the molecule is C=Cc1cc(COC(=O)NCCC[SiH2]C)ccc1OC(C)C. The van der Waals surface area contributed by atoms with Gasteiger partial charge in [-0.15, -0.1) is 0 Å². The fourth-order valence-electron chi connectivity index (χ4n) is 1.97. The fraction of sp³-hybridized carbons (Fsp3) is 0.471. The Morgan fingerprint density at radius 2 is 2.23 bits per heavy atom. The lowest BCUT2D eigenvalue weighted by Gasteiger charge is -2.14. The number of carbonyl (C=O) groups is 1. The number of carbonyl (C=O) groups excluding carboxylic acids is 1. The van der Waals surface area contributed by atoms with E-state index >= 15 is 0 Å². The molecule has 4 nitrogen and oxygen atoms in total. The van der Waals surface area contributed by atoms with E-state index in [0.29, 0.717) is 6.54 Å². The van der Waals surface area contributed by atoms with Crippen LogP contribution in [0.15, 0.2) is 24.8 Å². The molecule has 1 aromatic carbocycles. The lowest BCUT2D eigenvalue weighted by atomic mass is 10.1. The van der Waals surface area contributed by atoms with Crippen LogP contribution in [0, 0.1) is 0 Å². The van der Waals surface area contributed by atoms with E-state index in [1.165, 1.54) is 6.04 Å². The fourth-order valence-corrected chi connectivity index (χ4v) is 2.72. The van der Waals surface area contributed by atoms with Gasteiger partial charge >= 0.3 is 6.09 Å². The van der Waals surface area contributed by atoms with E-state index in [-0.39, 0.29) is 28.3 Å². The Hall–Kier alpha value is -1.75. The number of hydrogen-bond acceptors (Lipinski definition) is 3. The van der Waals surface area contributed by atoms with Crippen LogP contribution in [0.4, 0.5) is 4.79 Å². The molecule has 1 aromatic rings. The van der Waals surface area contributed by atoms with Gasteiger partial charge in [-0.05, 0) is 38.0 Å². The molecule has 0 saturated heterocycles. The maximum atomic E-state index is 11.6. The van der Waals surface area contributed by atoms with E-state index in [1.807, 2.05) is 32.0 Å². The predicted octanol–water partition coefficient (Wildman–Crippen LogP) is 3.37. The van der Waals surface area contributed by atoms with Gasteiger partial charge in [0.25, 0.3) is 0 Å². The molecule has 0 bridgehead atoms. The Labute approximate surface area is 135 Å². The summed E-state index contributed by atoms with van der Waals surface area (Å²) in [5, 5.41) is 2.77. The number of benzene rings is 1. The smallest absolute Gasteiger partial charge is 0.407 e. The van der Waals surface area contributed by atoms with Gasteiger partial charge in [0.15, 0.2) is 0 Å². The maximum absolute atomic E-state index is 11.6. The summed E-state index contributed by atoms with van der Waals surface area (Å²) in [5.41, 5.74) is 1.82. The Bertz CT molecular complexity index is 489. The van der Waals surface area contributed by atoms with Crippen molar-refractivity contribution in [1.29, 1.82) is 0 Å². The van der Waals surface area contributed by atoms with E-state index < -0.39 is 0 Å². The van der Waals surface area contributed by atoms with Gasteiger partial charge in [0.2, 0.25) is 0 Å². The summed E-state index contributed by atoms with van der Waals surface area (Å²) in [4.78, 5) is 11.6. The first kappa shape index (κ1) is 18.3. The molecule has 0 unspecified atom stereocenters. The highest BCUT2D eigenvalue weighted by Crippen LogP contribution is 2.23. The van der Waals surface area contributed by atoms with Crippen LogP contribution in [0.25, 0.3) is 6.08 Å². The van der Waals surface area contributed by atoms with Crippen molar-refractivity contribution >= 4 is 21.7 Å². The highest BCUT2D eigenvalue weighted by atomic mass is 28.2. The molecule has 0 aliphatic heterocycles. The number of rotatable bonds is 9. The van der Waals surface area contributed by atoms with Gasteiger partial charge in [-0.25, -0.2) is 4.79 Å². The number of ether oxygens (including phenoxy) is 2. The molecule has 0 atom stereocenters. The van der Waals surface area contributed by atoms with Gasteiger partial charge in [0.1, 0.15) is 12.4 Å². The van der Waals surface area contributed by atoms with Crippen molar-refractivity contribution in [2.45, 2.75) is 45.6 Å². The summed E-state index contributed by atoms with van der Waals surface area (Å²) in [6, 6.07) is 6.97. The summed E-state index contributed by atoms with van der Waals surface area (Å²) in [6.45, 7) is 11.0.